The molecular weight excluding hydrogens is 410 g/mol. The molecule has 2 aromatic heterocycles. The molecule has 1 aliphatic rings. The summed E-state index contributed by atoms with van der Waals surface area (Å²) in [6.07, 6.45) is 3.96. The first-order valence-electron chi connectivity index (χ1n) is 11.6. The first-order valence-corrected chi connectivity index (χ1v) is 11.6. The van der Waals surface area contributed by atoms with Crippen molar-refractivity contribution < 1.29 is 4.74 Å². The summed E-state index contributed by atoms with van der Waals surface area (Å²) in [5.74, 6) is 2.26. The SMILES string of the molecule is CCc1c(C2CC2COc2nc(C)ncc2-c2ccc(=O)n(C)c2C)ccc2ccccc12. The fourth-order valence-corrected chi connectivity index (χ4v) is 4.86. The highest BCUT2D eigenvalue weighted by Crippen LogP contribution is 2.50. The molecule has 5 rings (SSSR count). The van der Waals surface area contributed by atoms with E-state index in [1.165, 1.54) is 21.9 Å². The number of ether oxygens (including phenoxy) is 1. The van der Waals surface area contributed by atoms with E-state index < -0.39 is 0 Å². The van der Waals surface area contributed by atoms with Crippen LogP contribution in [0.3, 0.4) is 0 Å². The van der Waals surface area contributed by atoms with Crippen LogP contribution in [0.2, 0.25) is 0 Å². The Kier molecular flexibility index (Phi) is 5.49. The molecule has 0 N–H and O–H groups in total. The Morgan fingerprint density at radius 2 is 1.88 bits per heavy atom. The van der Waals surface area contributed by atoms with Crippen LogP contribution in [-0.2, 0) is 13.5 Å². The lowest BCUT2D eigenvalue weighted by Gasteiger charge is -2.15. The van der Waals surface area contributed by atoms with E-state index in [1.54, 1.807) is 23.9 Å². The molecule has 1 aliphatic carbocycles. The van der Waals surface area contributed by atoms with Crippen LogP contribution in [0.25, 0.3) is 21.9 Å². The Labute approximate surface area is 194 Å². The predicted octanol–water partition coefficient (Wildman–Crippen LogP) is 5.36. The monoisotopic (exact) mass is 439 g/mol. The van der Waals surface area contributed by atoms with Gasteiger partial charge in [-0.15, -0.1) is 0 Å². The first-order chi connectivity index (χ1) is 16.0. The van der Waals surface area contributed by atoms with E-state index in [4.69, 9.17) is 4.74 Å². The van der Waals surface area contributed by atoms with Crippen LogP contribution in [0, 0.1) is 19.8 Å². The average molecular weight is 440 g/mol. The molecule has 5 heteroatoms. The molecule has 2 atom stereocenters. The van der Waals surface area contributed by atoms with Crippen molar-refractivity contribution in [1.82, 2.24) is 14.5 Å². The fourth-order valence-electron chi connectivity index (χ4n) is 4.86. The maximum atomic E-state index is 12.0. The maximum absolute atomic E-state index is 12.0. The minimum absolute atomic E-state index is 0.0327. The molecule has 0 saturated heterocycles. The quantitative estimate of drug-likeness (QED) is 0.406. The number of fused-ring (bicyclic) bond motifs is 1. The van der Waals surface area contributed by atoms with Gasteiger partial charge in [-0.25, -0.2) is 4.98 Å². The molecule has 0 spiro atoms. The van der Waals surface area contributed by atoms with Crippen molar-refractivity contribution >= 4 is 10.8 Å². The van der Waals surface area contributed by atoms with Gasteiger partial charge in [0.15, 0.2) is 0 Å². The number of nitrogens with zero attached hydrogens (tertiary/aromatic N) is 3. The highest BCUT2D eigenvalue weighted by Gasteiger charge is 2.40. The van der Waals surface area contributed by atoms with Crippen LogP contribution in [-0.4, -0.2) is 21.1 Å². The highest BCUT2D eigenvalue weighted by atomic mass is 16.5. The van der Waals surface area contributed by atoms with Gasteiger partial charge in [-0.2, -0.15) is 4.98 Å². The predicted molar refractivity (Wildman–Crippen MR) is 132 cm³/mol. The second-order valence-electron chi connectivity index (χ2n) is 8.99. The highest BCUT2D eigenvalue weighted by molar-refractivity contribution is 5.87. The molecule has 1 fully saturated rings. The minimum Gasteiger partial charge on any atom is -0.477 e. The zero-order valence-electron chi connectivity index (χ0n) is 19.6. The zero-order chi connectivity index (χ0) is 23.1. The zero-order valence-corrected chi connectivity index (χ0v) is 19.6. The van der Waals surface area contributed by atoms with Gasteiger partial charge in [-0.05, 0) is 60.6 Å². The molecule has 4 aromatic rings. The van der Waals surface area contributed by atoms with Crippen molar-refractivity contribution in [3.8, 4) is 17.0 Å². The molecule has 2 heterocycles. The number of benzene rings is 2. The van der Waals surface area contributed by atoms with Crippen molar-refractivity contribution in [3.05, 3.63) is 87.7 Å². The van der Waals surface area contributed by atoms with Crippen molar-refractivity contribution in [2.24, 2.45) is 13.0 Å². The van der Waals surface area contributed by atoms with E-state index in [0.717, 1.165) is 29.7 Å². The van der Waals surface area contributed by atoms with Gasteiger partial charge < -0.3 is 9.30 Å². The standard InChI is InChI=1S/C28H29N3O2/c1-5-21-23-9-7-6-8-19(23)10-11-24(21)25-14-20(25)16-33-28-26(15-29-18(3)30-28)22-12-13-27(32)31(4)17(22)2/h6-13,15,20,25H,5,14,16H2,1-4H3. The van der Waals surface area contributed by atoms with Crippen molar-refractivity contribution in [2.45, 2.75) is 39.5 Å². The van der Waals surface area contributed by atoms with Crippen LogP contribution in [0.5, 0.6) is 5.88 Å². The van der Waals surface area contributed by atoms with Crippen molar-refractivity contribution in [3.63, 3.8) is 0 Å². The van der Waals surface area contributed by atoms with E-state index in [0.29, 0.717) is 30.1 Å². The Morgan fingerprint density at radius 1 is 1.06 bits per heavy atom. The largest absolute Gasteiger partial charge is 0.477 e. The summed E-state index contributed by atoms with van der Waals surface area (Å²) in [6.45, 7) is 6.66. The molecule has 0 radical (unpaired) electrons. The van der Waals surface area contributed by atoms with Gasteiger partial charge >= 0.3 is 0 Å². The van der Waals surface area contributed by atoms with Crippen LogP contribution in [0.4, 0.5) is 0 Å². The lowest BCUT2D eigenvalue weighted by molar-refractivity contribution is 0.286. The molecule has 168 valence electrons. The lowest BCUT2D eigenvalue weighted by atomic mass is 9.94. The average Bonchev–Trinajstić information content (AvgIpc) is 3.60. The molecule has 2 unspecified atom stereocenters. The Hall–Kier alpha value is -3.47. The normalized spacial score (nSPS) is 17.3. The van der Waals surface area contributed by atoms with Gasteiger partial charge in [0.2, 0.25) is 11.4 Å². The van der Waals surface area contributed by atoms with Crippen molar-refractivity contribution in [1.29, 1.82) is 0 Å². The van der Waals surface area contributed by atoms with Gasteiger partial charge in [0.05, 0.1) is 12.2 Å². The summed E-state index contributed by atoms with van der Waals surface area (Å²) in [6, 6.07) is 16.6. The van der Waals surface area contributed by atoms with E-state index in [1.807, 2.05) is 19.9 Å². The Morgan fingerprint density at radius 3 is 2.70 bits per heavy atom. The second-order valence-corrected chi connectivity index (χ2v) is 8.99. The van der Waals surface area contributed by atoms with Crippen LogP contribution < -0.4 is 10.3 Å². The van der Waals surface area contributed by atoms with E-state index >= 15 is 0 Å². The van der Waals surface area contributed by atoms with Gasteiger partial charge in [-0.3, -0.25) is 4.79 Å². The summed E-state index contributed by atoms with van der Waals surface area (Å²) in [7, 11) is 1.78. The van der Waals surface area contributed by atoms with E-state index in [2.05, 4.69) is 53.3 Å². The summed E-state index contributed by atoms with van der Waals surface area (Å²) in [4.78, 5) is 21.0. The van der Waals surface area contributed by atoms with Crippen LogP contribution in [0.1, 0.15) is 41.9 Å². The lowest BCUT2D eigenvalue weighted by Crippen LogP contribution is -2.18. The molecule has 0 bridgehead atoms. The number of pyridine rings is 1. The molecule has 5 nitrogen and oxygen atoms in total. The topological polar surface area (TPSA) is 57.0 Å². The minimum atomic E-state index is -0.0327. The van der Waals surface area contributed by atoms with E-state index in [-0.39, 0.29) is 5.56 Å². The number of rotatable bonds is 6. The summed E-state index contributed by atoms with van der Waals surface area (Å²) < 4.78 is 7.94. The van der Waals surface area contributed by atoms with Gasteiger partial charge in [-0.1, -0.05) is 43.3 Å². The third-order valence-corrected chi connectivity index (χ3v) is 6.97. The summed E-state index contributed by atoms with van der Waals surface area (Å²) in [5.41, 5.74) is 5.49. The number of aromatic nitrogens is 3. The van der Waals surface area contributed by atoms with Crippen LogP contribution >= 0.6 is 0 Å². The van der Waals surface area contributed by atoms with Gasteiger partial charge in [0.1, 0.15) is 5.82 Å². The Balaban J connectivity index is 1.39. The molecular formula is C28H29N3O2. The maximum Gasteiger partial charge on any atom is 0.250 e. The number of hydrogen-bond acceptors (Lipinski definition) is 4. The number of aryl methyl sites for hydroxylation is 2. The molecule has 33 heavy (non-hydrogen) atoms. The van der Waals surface area contributed by atoms with E-state index in [9.17, 15) is 4.79 Å². The van der Waals surface area contributed by atoms with Crippen molar-refractivity contribution in [2.75, 3.05) is 6.61 Å². The fraction of sp³-hybridized carbons (Fsp3) is 0.321. The number of hydrogen-bond donors (Lipinski definition) is 0. The van der Waals surface area contributed by atoms with Crippen LogP contribution in [0.15, 0.2) is 59.5 Å². The molecule has 1 saturated carbocycles. The second kappa shape index (κ2) is 8.47. The first kappa shape index (κ1) is 21.4. The summed E-state index contributed by atoms with van der Waals surface area (Å²) in [5, 5.41) is 2.67. The third kappa shape index (κ3) is 3.92. The van der Waals surface area contributed by atoms with Gasteiger partial charge in [0.25, 0.3) is 0 Å². The smallest absolute Gasteiger partial charge is 0.250 e. The third-order valence-electron chi connectivity index (χ3n) is 6.97. The molecule has 0 aliphatic heterocycles. The Bertz CT molecular complexity index is 1410. The molecule has 2 aromatic carbocycles. The van der Waals surface area contributed by atoms with Gasteiger partial charge in [0, 0.05) is 36.5 Å². The summed E-state index contributed by atoms with van der Waals surface area (Å²) >= 11 is 0. The molecule has 0 amide bonds.